The molecule has 0 radical (unpaired) electrons. The van der Waals surface area contributed by atoms with Gasteiger partial charge in [0.05, 0.1) is 83.9 Å². The molecule has 0 rings (SSSR count). The first kappa shape index (κ1) is 52.4. The second-order valence-corrected chi connectivity index (χ2v) is 12.3. The molecule has 0 aliphatic rings. The summed E-state index contributed by atoms with van der Waals surface area (Å²) in [5, 5.41) is 2.64. The summed E-state index contributed by atoms with van der Waals surface area (Å²) in [5.41, 5.74) is -0.400. The molecule has 47 heavy (non-hydrogen) atoms. The molecule has 0 saturated heterocycles. The second-order valence-electron chi connectivity index (χ2n) is 12.3. The average Bonchev–Trinajstić information content (AvgIpc) is 2.94. The van der Waals surface area contributed by atoms with Crippen LogP contribution in [0.25, 0.3) is 0 Å². The van der Waals surface area contributed by atoms with E-state index >= 15 is 0 Å². The smallest absolute Gasteiger partial charge is 0.306 e. The van der Waals surface area contributed by atoms with Gasteiger partial charge in [-0.1, -0.05) is 0 Å². The number of nitrogens with one attached hydrogen (secondary N) is 1. The van der Waals surface area contributed by atoms with E-state index in [-0.39, 0.29) is 24.1 Å². The van der Waals surface area contributed by atoms with Crippen molar-refractivity contribution in [3.05, 3.63) is 0 Å². The number of carbonyl (C=O) groups is 2. The van der Waals surface area contributed by atoms with Crippen LogP contribution < -0.4 is 5.32 Å². The molecule has 0 atom stereocenters. The van der Waals surface area contributed by atoms with Crippen LogP contribution in [-0.4, -0.2) is 128 Å². The summed E-state index contributed by atoms with van der Waals surface area (Å²) in [6.07, 6.45) is 2.23. The van der Waals surface area contributed by atoms with Crippen molar-refractivity contribution in [1.82, 2.24) is 5.32 Å². The lowest BCUT2D eigenvalue weighted by Gasteiger charge is -2.19. The lowest BCUT2D eigenvalue weighted by atomic mass is 10.2. The first-order valence-corrected chi connectivity index (χ1v) is 17.1. The van der Waals surface area contributed by atoms with Crippen LogP contribution in [0, 0.1) is 0 Å². The van der Waals surface area contributed by atoms with E-state index in [0.29, 0.717) is 97.7 Å². The third-order valence-electron chi connectivity index (χ3n) is 4.69. The zero-order valence-corrected chi connectivity index (χ0v) is 32.7. The number of rotatable bonds is 24. The molecular weight excluding hydrogens is 610 g/mol. The van der Waals surface area contributed by atoms with Gasteiger partial charge < -0.3 is 47.9 Å². The Morgan fingerprint density at radius 3 is 1.36 bits per heavy atom. The van der Waals surface area contributed by atoms with Gasteiger partial charge in [-0.15, -0.1) is 0 Å². The fourth-order valence-corrected chi connectivity index (χ4v) is 2.75. The maximum absolute atomic E-state index is 11.3. The Balaban J connectivity index is -0.000000274. The van der Waals surface area contributed by atoms with E-state index in [1.165, 1.54) is 6.92 Å². The summed E-state index contributed by atoms with van der Waals surface area (Å²) < 4.78 is 46.5. The molecule has 12 heteroatoms. The zero-order chi connectivity index (χ0) is 36.9. The molecule has 0 saturated carbocycles. The largest absolute Gasteiger partial charge is 0.460 e. The van der Waals surface area contributed by atoms with Gasteiger partial charge in [0, 0.05) is 40.2 Å². The van der Waals surface area contributed by atoms with Crippen LogP contribution in [0.1, 0.15) is 103 Å². The number of amides is 1. The van der Waals surface area contributed by atoms with Crippen molar-refractivity contribution in [3.63, 3.8) is 0 Å². The SMILES string of the molecule is CC(=O)NCCOCCOC(C)C.CC(C)OCCOCCCC(=O)OC(C)(C)C.CCOCCOC(C)C.COCCOC(C)C. The molecule has 0 unspecified atom stereocenters. The van der Waals surface area contributed by atoms with Gasteiger partial charge in [-0.05, 0) is 89.5 Å². The minimum atomic E-state index is -0.400. The molecule has 1 amide bonds. The lowest BCUT2D eigenvalue weighted by Crippen LogP contribution is -2.25. The highest BCUT2D eigenvalue weighted by atomic mass is 16.6. The number of carbonyl (C=O) groups excluding carboxylic acids is 2. The van der Waals surface area contributed by atoms with Crippen LogP contribution in [0.15, 0.2) is 0 Å². The van der Waals surface area contributed by atoms with E-state index in [9.17, 15) is 9.59 Å². The predicted molar refractivity (Wildman–Crippen MR) is 188 cm³/mol. The zero-order valence-electron chi connectivity index (χ0n) is 32.7. The highest BCUT2D eigenvalue weighted by molar-refractivity contribution is 5.72. The molecule has 0 aromatic rings. The molecule has 0 aromatic carbocycles. The fraction of sp³-hybridized carbons (Fsp3) is 0.943. The Hall–Kier alpha value is -1.38. The van der Waals surface area contributed by atoms with Gasteiger partial charge in [0.1, 0.15) is 5.60 Å². The van der Waals surface area contributed by atoms with Crippen LogP contribution in [0.5, 0.6) is 0 Å². The quantitative estimate of drug-likeness (QED) is 0.100. The summed E-state index contributed by atoms with van der Waals surface area (Å²) in [7, 11) is 1.67. The van der Waals surface area contributed by atoms with Crippen LogP contribution in [-0.2, 0) is 52.2 Å². The first-order valence-electron chi connectivity index (χ1n) is 17.1. The molecule has 286 valence electrons. The summed E-state index contributed by atoms with van der Waals surface area (Å²) >= 11 is 0. The van der Waals surface area contributed by atoms with Crippen LogP contribution in [0.2, 0.25) is 0 Å². The maximum Gasteiger partial charge on any atom is 0.306 e. The highest BCUT2D eigenvalue weighted by Gasteiger charge is 2.15. The van der Waals surface area contributed by atoms with Crippen molar-refractivity contribution in [3.8, 4) is 0 Å². The predicted octanol–water partition coefficient (Wildman–Crippen LogP) is 5.62. The Labute approximate surface area is 288 Å². The van der Waals surface area contributed by atoms with E-state index in [1.807, 2.05) is 83.1 Å². The van der Waals surface area contributed by atoms with Crippen molar-refractivity contribution in [2.75, 3.05) is 86.3 Å². The molecular formula is C35H75NO11. The van der Waals surface area contributed by atoms with Crippen molar-refractivity contribution in [2.24, 2.45) is 0 Å². The fourth-order valence-electron chi connectivity index (χ4n) is 2.75. The van der Waals surface area contributed by atoms with E-state index in [2.05, 4.69) is 5.32 Å². The molecule has 0 aliphatic heterocycles. The summed E-state index contributed by atoms with van der Waals surface area (Å²) in [5.74, 6) is -0.193. The molecule has 0 spiro atoms. The van der Waals surface area contributed by atoms with Crippen LogP contribution in [0.4, 0.5) is 0 Å². The van der Waals surface area contributed by atoms with Gasteiger partial charge in [0.15, 0.2) is 0 Å². The van der Waals surface area contributed by atoms with Gasteiger partial charge in [0.25, 0.3) is 0 Å². The van der Waals surface area contributed by atoms with Gasteiger partial charge in [-0.25, -0.2) is 0 Å². The Bertz CT molecular complexity index is 640. The van der Waals surface area contributed by atoms with Crippen molar-refractivity contribution >= 4 is 11.9 Å². The average molecular weight is 686 g/mol. The standard InChI is InChI=1S/C13H26O4.C9H19NO3.C7H16O2.C6H14O2/c1-11(2)16-10-9-15-8-6-7-12(14)17-13(3,4)5;1-8(2)13-7-6-12-5-4-10-9(3)11;1-4-8-5-6-9-7(2)3;1-6(2)8-5-4-7-3/h11H,6-10H2,1-5H3;8H,4-7H2,1-3H3,(H,10,11);7H,4-6H2,1-3H3;6H,4-5H2,1-3H3. The summed E-state index contributed by atoms with van der Waals surface area (Å²) in [6.45, 7) is 32.7. The molecule has 0 bridgehead atoms. The summed E-state index contributed by atoms with van der Waals surface area (Å²) in [4.78, 5) is 21.8. The minimum Gasteiger partial charge on any atom is -0.460 e. The topological polar surface area (TPSA) is 129 Å². The third-order valence-corrected chi connectivity index (χ3v) is 4.69. The van der Waals surface area contributed by atoms with Gasteiger partial charge in [-0.2, -0.15) is 0 Å². The second kappa shape index (κ2) is 39.1. The Morgan fingerprint density at radius 2 is 1.00 bits per heavy atom. The van der Waals surface area contributed by atoms with Crippen molar-refractivity contribution in [2.45, 2.75) is 133 Å². The van der Waals surface area contributed by atoms with E-state index < -0.39 is 5.60 Å². The number of esters is 1. The first-order chi connectivity index (χ1) is 22.0. The third kappa shape index (κ3) is 67.6. The van der Waals surface area contributed by atoms with Crippen molar-refractivity contribution in [1.29, 1.82) is 0 Å². The van der Waals surface area contributed by atoms with Gasteiger partial charge >= 0.3 is 5.97 Å². The van der Waals surface area contributed by atoms with Crippen LogP contribution >= 0.6 is 0 Å². The van der Waals surface area contributed by atoms with E-state index in [0.717, 1.165) is 6.61 Å². The number of methoxy groups -OCH3 is 1. The maximum atomic E-state index is 11.3. The minimum absolute atomic E-state index is 0.0259. The number of hydrogen-bond acceptors (Lipinski definition) is 11. The van der Waals surface area contributed by atoms with Gasteiger partial charge in [0.2, 0.25) is 5.91 Å². The van der Waals surface area contributed by atoms with Crippen molar-refractivity contribution < 1.29 is 52.2 Å². The Kier molecular flexibility index (Phi) is 43.6. The molecule has 1 N–H and O–H groups in total. The van der Waals surface area contributed by atoms with E-state index in [4.69, 9.17) is 42.6 Å². The molecule has 0 aromatic heterocycles. The Morgan fingerprint density at radius 1 is 0.596 bits per heavy atom. The summed E-state index contributed by atoms with van der Waals surface area (Å²) in [6, 6.07) is 0. The number of ether oxygens (including phenoxy) is 9. The van der Waals surface area contributed by atoms with Gasteiger partial charge in [-0.3, -0.25) is 9.59 Å². The molecule has 0 aliphatic carbocycles. The van der Waals surface area contributed by atoms with E-state index in [1.54, 1.807) is 7.11 Å². The normalized spacial score (nSPS) is 11.0. The lowest BCUT2D eigenvalue weighted by molar-refractivity contribution is -0.155. The monoisotopic (exact) mass is 686 g/mol. The molecule has 0 fully saturated rings. The number of hydrogen-bond donors (Lipinski definition) is 1. The molecule has 12 nitrogen and oxygen atoms in total. The van der Waals surface area contributed by atoms with Crippen LogP contribution in [0.3, 0.4) is 0 Å². The molecule has 0 heterocycles. The highest BCUT2D eigenvalue weighted by Crippen LogP contribution is 2.09.